The van der Waals surface area contributed by atoms with Crippen molar-refractivity contribution in [3.05, 3.63) is 73.0 Å². The van der Waals surface area contributed by atoms with Gasteiger partial charge in [-0.3, -0.25) is 4.79 Å². The summed E-state index contributed by atoms with van der Waals surface area (Å²) in [7, 11) is 0. The standard InChI is InChI=1S/C16H10N2O2S2/c19-16-13(8-10-4-3-7-20-10)22-15(18-16)9-14-17-11-5-1-2-6-12(11)21-14/h1-9H,(H,18,19)/b13-8-,15-9-. The molecule has 1 aromatic carbocycles. The van der Waals surface area contributed by atoms with Crippen LogP contribution >= 0.6 is 22.7 Å². The molecule has 0 fully saturated rings. The second kappa shape index (κ2) is 5.40. The summed E-state index contributed by atoms with van der Waals surface area (Å²) >= 11 is 2.99. The summed E-state index contributed by atoms with van der Waals surface area (Å²) in [6.07, 6.45) is 5.22. The second-order valence-corrected chi connectivity index (χ2v) is 6.75. The van der Waals surface area contributed by atoms with Crippen LogP contribution in [-0.4, -0.2) is 9.97 Å². The number of hydrogen-bond acceptors (Lipinski definition) is 5. The van der Waals surface area contributed by atoms with Crippen molar-refractivity contribution in [1.29, 1.82) is 0 Å². The molecule has 0 unspecified atom stereocenters. The lowest BCUT2D eigenvalue weighted by Gasteiger charge is -1.80. The van der Waals surface area contributed by atoms with Crippen LogP contribution in [0, 0.1) is 0 Å². The number of aromatic amines is 1. The fourth-order valence-corrected chi connectivity index (χ4v) is 3.95. The van der Waals surface area contributed by atoms with E-state index in [4.69, 9.17) is 4.42 Å². The van der Waals surface area contributed by atoms with Crippen molar-refractivity contribution in [2.24, 2.45) is 0 Å². The average molecular weight is 326 g/mol. The molecule has 0 saturated carbocycles. The molecule has 0 saturated heterocycles. The maximum atomic E-state index is 12.0. The van der Waals surface area contributed by atoms with Gasteiger partial charge >= 0.3 is 0 Å². The summed E-state index contributed by atoms with van der Waals surface area (Å²) in [4.78, 5) is 19.4. The van der Waals surface area contributed by atoms with Crippen LogP contribution < -0.4 is 14.8 Å². The number of furan rings is 1. The fourth-order valence-electron chi connectivity index (χ4n) is 2.09. The van der Waals surface area contributed by atoms with Gasteiger partial charge in [-0.1, -0.05) is 12.1 Å². The first-order valence-electron chi connectivity index (χ1n) is 6.60. The van der Waals surface area contributed by atoms with Gasteiger partial charge in [-0.25, -0.2) is 4.98 Å². The van der Waals surface area contributed by atoms with Gasteiger partial charge in [0.05, 0.1) is 25.7 Å². The van der Waals surface area contributed by atoms with Gasteiger partial charge in [-0.15, -0.1) is 22.7 Å². The maximum absolute atomic E-state index is 12.0. The lowest BCUT2D eigenvalue weighted by atomic mass is 10.3. The highest BCUT2D eigenvalue weighted by atomic mass is 32.1. The van der Waals surface area contributed by atoms with Crippen molar-refractivity contribution in [2.75, 3.05) is 0 Å². The zero-order valence-corrected chi connectivity index (χ0v) is 12.9. The van der Waals surface area contributed by atoms with Gasteiger partial charge in [0.1, 0.15) is 10.8 Å². The average Bonchev–Trinajstić information content (AvgIpc) is 3.20. The molecule has 0 amide bonds. The molecule has 4 aromatic rings. The van der Waals surface area contributed by atoms with Crippen LogP contribution in [0.4, 0.5) is 0 Å². The monoisotopic (exact) mass is 326 g/mol. The highest BCUT2D eigenvalue weighted by Crippen LogP contribution is 2.21. The number of nitrogens with one attached hydrogen (secondary N) is 1. The third-order valence-electron chi connectivity index (χ3n) is 3.06. The van der Waals surface area contributed by atoms with Crippen LogP contribution in [0.3, 0.4) is 0 Å². The van der Waals surface area contributed by atoms with Crippen LogP contribution in [-0.2, 0) is 0 Å². The molecule has 4 rings (SSSR count). The largest absolute Gasteiger partial charge is 0.465 e. The Morgan fingerprint density at radius 3 is 2.82 bits per heavy atom. The van der Waals surface area contributed by atoms with E-state index in [0.717, 1.165) is 19.9 Å². The number of thiazole rings is 2. The molecule has 4 nitrogen and oxygen atoms in total. The normalized spacial score (nSPS) is 13.3. The number of hydrogen-bond donors (Lipinski definition) is 1. The quantitative estimate of drug-likeness (QED) is 0.615. The molecular weight excluding hydrogens is 316 g/mol. The number of fused-ring (bicyclic) bond motifs is 1. The van der Waals surface area contributed by atoms with Crippen LogP contribution in [0.25, 0.3) is 22.4 Å². The highest BCUT2D eigenvalue weighted by Gasteiger charge is 2.01. The Bertz CT molecular complexity index is 1070. The van der Waals surface area contributed by atoms with E-state index < -0.39 is 0 Å². The number of rotatable bonds is 2. The molecule has 0 atom stereocenters. The SMILES string of the molecule is O=c1[nH]/c(=C/c2nc3ccccc3s2)s/c1=C\c1ccco1. The second-order valence-electron chi connectivity index (χ2n) is 4.61. The smallest absolute Gasteiger partial charge is 0.266 e. The zero-order chi connectivity index (χ0) is 14.9. The van der Waals surface area contributed by atoms with Crippen molar-refractivity contribution < 1.29 is 4.42 Å². The molecule has 0 aliphatic heterocycles. The maximum Gasteiger partial charge on any atom is 0.266 e. The number of H-pyrrole nitrogens is 1. The number of para-hydroxylation sites is 1. The summed E-state index contributed by atoms with van der Waals surface area (Å²) in [5.74, 6) is 0.666. The predicted octanol–water partition coefficient (Wildman–Crippen LogP) is 2.30. The number of benzene rings is 1. The lowest BCUT2D eigenvalue weighted by Crippen LogP contribution is -2.19. The third kappa shape index (κ3) is 2.54. The van der Waals surface area contributed by atoms with Crippen molar-refractivity contribution in [1.82, 2.24) is 9.97 Å². The minimum atomic E-state index is -0.117. The summed E-state index contributed by atoms with van der Waals surface area (Å²) < 4.78 is 7.76. The van der Waals surface area contributed by atoms with Crippen molar-refractivity contribution >= 4 is 45.0 Å². The Morgan fingerprint density at radius 2 is 2.00 bits per heavy atom. The van der Waals surface area contributed by atoms with Crippen molar-refractivity contribution in [2.45, 2.75) is 0 Å². The minimum Gasteiger partial charge on any atom is -0.465 e. The Morgan fingerprint density at radius 1 is 1.09 bits per heavy atom. The Labute approximate surface area is 132 Å². The van der Waals surface area contributed by atoms with Crippen LogP contribution in [0.1, 0.15) is 10.8 Å². The first-order chi connectivity index (χ1) is 10.8. The van der Waals surface area contributed by atoms with Gasteiger partial charge in [-0.05, 0) is 24.3 Å². The van der Waals surface area contributed by atoms with E-state index in [1.165, 1.54) is 11.3 Å². The first kappa shape index (κ1) is 13.2. The molecular formula is C16H10N2O2S2. The van der Waals surface area contributed by atoms with Gasteiger partial charge in [0.15, 0.2) is 0 Å². The van der Waals surface area contributed by atoms with Crippen molar-refractivity contribution in [3.8, 4) is 0 Å². The van der Waals surface area contributed by atoms with E-state index in [1.54, 1.807) is 29.7 Å². The minimum absolute atomic E-state index is 0.117. The first-order valence-corrected chi connectivity index (χ1v) is 8.23. The number of aromatic nitrogens is 2. The van der Waals surface area contributed by atoms with E-state index in [-0.39, 0.29) is 5.56 Å². The zero-order valence-electron chi connectivity index (χ0n) is 11.3. The van der Waals surface area contributed by atoms with E-state index in [1.807, 2.05) is 36.4 Å². The van der Waals surface area contributed by atoms with Crippen LogP contribution in [0.15, 0.2) is 51.9 Å². The molecule has 1 N–H and O–H groups in total. The molecule has 0 spiro atoms. The Kier molecular flexibility index (Phi) is 3.25. The molecule has 22 heavy (non-hydrogen) atoms. The third-order valence-corrected chi connectivity index (χ3v) is 5.01. The highest BCUT2D eigenvalue weighted by molar-refractivity contribution is 7.19. The van der Waals surface area contributed by atoms with E-state index in [9.17, 15) is 4.79 Å². The number of nitrogens with zero attached hydrogens (tertiary/aromatic N) is 1. The van der Waals surface area contributed by atoms with Gasteiger partial charge in [0.25, 0.3) is 5.56 Å². The summed E-state index contributed by atoms with van der Waals surface area (Å²) in [6, 6.07) is 11.6. The van der Waals surface area contributed by atoms with Gasteiger partial charge in [0.2, 0.25) is 0 Å². The molecule has 3 aromatic heterocycles. The summed E-state index contributed by atoms with van der Waals surface area (Å²) in [6.45, 7) is 0. The van der Waals surface area contributed by atoms with Crippen molar-refractivity contribution in [3.63, 3.8) is 0 Å². The topological polar surface area (TPSA) is 58.9 Å². The lowest BCUT2D eigenvalue weighted by molar-refractivity contribution is 0.557. The van der Waals surface area contributed by atoms with Gasteiger partial charge in [-0.2, -0.15) is 0 Å². The molecule has 3 heterocycles. The van der Waals surface area contributed by atoms with Gasteiger partial charge < -0.3 is 9.40 Å². The Balaban J connectivity index is 1.81. The molecule has 0 bridgehead atoms. The molecule has 108 valence electrons. The fraction of sp³-hybridized carbons (Fsp3) is 0. The van der Waals surface area contributed by atoms with E-state index in [0.29, 0.717) is 10.3 Å². The molecule has 0 radical (unpaired) electrons. The molecule has 0 aliphatic carbocycles. The van der Waals surface area contributed by atoms with Crippen LogP contribution in [0.5, 0.6) is 0 Å². The predicted molar refractivity (Wildman–Crippen MR) is 89.7 cm³/mol. The molecule has 0 aliphatic rings. The summed E-state index contributed by atoms with van der Waals surface area (Å²) in [5.41, 5.74) is 0.855. The van der Waals surface area contributed by atoms with E-state index >= 15 is 0 Å². The molecule has 6 heteroatoms. The summed E-state index contributed by atoms with van der Waals surface area (Å²) in [5, 5.41) is 0.878. The van der Waals surface area contributed by atoms with Crippen LogP contribution in [0.2, 0.25) is 0 Å². The Hall–Kier alpha value is -2.44. The van der Waals surface area contributed by atoms with Gasteiger partial charge in [0, 0.05) is 12.2 Å². The van der Waals surface area contributed by atoms with E-state index in [2.05, 4.69) is 9.97 Å².